The van der Waals surface area contributed by atoms with Crippen LogP contribution < -0.4 is 11.2 Å². The SMILES string of the molecule is N#Cc1ccc(S(=O)(=O)N2CCN(C(=O)CCn3c(=O)[nH]c(=O)c4ccccc43)CC2)cc1. The number of nitrogens with zero attached hydrogens (tertiary/aromatic N) is 4. The highest BCUT2D eigenvalue weighted by atomic mass is 32.2. The number of hydrogen-bond acceptors (Lipinski definition) is 6. The summed E-state index contributed by atoms with van der Waals surface area (Å²) in [5.41, 5.74) is -0.223. The number of para-hydroxylation sites is 1. The summed E-state index contributed by atoms with van der Waals surface area (Å²) < 4.78 is 28.4. The van der Waals surface area contributed by atoms with E-state index in [9.17, 15) is 22.8 Å². The van der Waals surface area contributed by atoms with Crippen molar-refractivity contribution in [3.8, 4) is 6.07 Å². The number of H-pyrrole nitrogens is 1. The van der Waals surface area contributed by atoms with Gasteiger partial charge in [0.05, 0.1) is 27.4 Å². The van der Waals surface area contributed by atoms with E-state index in [-0.39, 0.29) is 49.9 Å². The van der Waals surface area contributed by atoms with E-state index >= 15 is 0 Å². The third kappa shape index (κ3) is 4.44. The van der Waals surface area contributed by atoms with Crippen molar-refractivity contribution in [3.05, 3.63) is 74.9 Å². The first-order valence-electron chi connectivity index (χ1n) is 10.3. The second-order valence-electron chi connectivity index (χ2n) is 7.60. The van der Waals surface area contributed by atoms with E-state index in [1.807, 2.05) is 6.07 Å². The van der Waals surface area contributed by atoms with Crippen LogP contribution in [0.4, 0.5) is 0 Å². The van der Waals surface area contributed by atoms with Gasteiger partial charge in [-0.05, 0) is 36.4 Å². The van der Waals surface area contributed by atoms with Crippen molar-refractivity contribution >= 4 is 26.8 Å². The van der Waals surface area contributed by atoms with Crippen LogP contribution in [-0.2, 0) is 21.4 Å². The third-order valence-electron chi connectivity index (χ3n) is 5.67. The van der Waals surface area contributed by atoms with E-state index in [2.05, 4.69) is 4.98 Å². The number of benzene rings is 2. The molecule has 10 nitrogen and oxygen atoms in total. The van der Waals surface area contributed by atoms with Gasteiger partial charge in [0.2, 0.25) is 15.9 Å². The predicted molar refractivity (Wildman–Crippen MR) is 120 cm³/mol. The normalized spacial score (nSPS) is 14.8. The van der Waals surface area contributed by atoms with E-state index in [4.69, 9.17) is 5.26 Å². The Morgan fingerprint density at radius 2 is 1.67 bits per heavy atom. The minimum absolute atomic E-state index is 0.0400. The summed E-state index contributed by atoms with van der Waals surface area (Å²) in [4.78, 5) is 40.9. The largest absolute Gasteiger partial charge is 0.340 e. The lowest BCUT2D eigenvalue weighted by Gasteiger charge is -2.34. The number of aromatic nitrogens is 2. The first-order chi connectivity index (χ1) is 15.8. The molecule has 0 saturated carbocycles. The first-order valence-corrected chi connectivity index (χ1v) is 11.8. The van der Waals surface area contributed by atoms with Crippen LogP contribution in [0.15, 0.2) is 63.0 Å². The van der Waals surface area contributed by atoms with Crippen molar-refractivity contribution < 1.29 is 13.2 Å². The van der Waals surface area contributed by atoms with Crippen LogP contribution in [0.5, 0.6) is 0 Å². The Morgan fingerprint density at radius 1 is 1.00 bits per heavy atom. The molecule has 170 valence electrons. The molecule has 1 N–H and O–H groups in total. The molecule has 2 heterocycles. The summed E-state index contributed by atoms with van der Waals surface area (Å²) in [7, 11) is -3.72. The fourth-order valence-corrected chi connectivity index (χ4v) is 5.28. The van der Waals surface area contributed by atoms with E-state index in [0.29, 0.717) is 16.5 Å². The maximum Gasteiger partial charge on any atom is 0.328 e. The summed E-state index contributed by atoms with van der Waals surface area (Å²) in [5.74, 6) is -0.201. The third-order valence-corrected chi connectivity index (χ3v) is 7.58. The summed E-state index contributed by atoms with van der Waals surface area (Å²) in [6, 6.07) is 14.3. The molecule has 4 rings (SSSR count). The first kappa shape index (κ1) is 22.4. The van der Waals surface area contributed by atoms with E-state index < -0.39 is 21.3 Å². The maximum absolute atomic E-state index is 12.8. The Kier molecular flexibility index (Phi) is 6.13. The zero-order valence-electron chi connectivity index (χ0n) is 17.6. The van der Waals surface area contributed by atoms with Gasteiger partial charge in [-0.25, -0.2) is 13.2 Å². The van der Waals surface area contributed by atoms with Crippen molar-refractivity contribution in [3.63, 3.8) is 0 Å². The van der Waals surface area contributed by atoms with Crippen LogP contribution in [-0.4, -0.2) is 59.3 Å². The van der Waals surface area contributed by atoms with Gasteiger partial charge < -0.3 is 4.90 Å². The summed E-state index contributed by atoms with van der Waals surface area (Å²) in [5, 5.41) is 9.24. The molecule has 1 saturated heterocycles. The lowest BCUT2D eigenvalue weighted by atomic mass is 10.2. The molecule has 2 aromatic carbocycles. The highest BCUT2D eigenvalue weighted by Gasteiger charge is 2.30. The summed E-state index contributed by atoms with van der Waals surface area (Å²) in [6.45, 7) is 0.856. The average molecular weight is 468 g/mol. The van der Waals surface area contributed by atoms with Crippen molar-refractivity contribution in [2.45, 2.75) is 17.9 Å². The van der Waals surface area contributed by atoms with Gasteiger partial charge in [0, 0.05) is 39.1 Å². The number of rotatable bonds is 5. The maximum atomic E-state index is 12.8. The van der Waals surface area contributed by atoms with Crippen molar-refractivity contribution in [2.75, 3.05) is 26.2 Å². The van der Waals surface area contributed by atoms with Crippen LogP contribution in [0.1, 0.15) is 12.0 Å². The van der Waals surface area contributed by atoms with Crippen LogP contribution in [0.25, 0.3) is 10.9 Å². The van der Waals surface area contributed by atoms with Gasteiger partial charge in [-0.2, -0.15) is 9.57 Å². The zero-order chi connectivity index (χ0) is 23.6. The second kappa shape index (κ2) is 9.01. The lowest BCUT2D eigenvalue weighted by Crippen LogP contribution is -2.50. The number of nitriles is 1. The van der Waals surface area contributed by atoms with Crippen LogP contribution in [0.2, 0.25) is 0 Å². The Balaban J connectivity index is 1.40. The number of piperazine rings is 1. The van der Waals surface area contributed by atoms with E-state index in [1.165, 1.54) is 33.1 Å². The number of nitrogens with one attached hydrogen (secondary N) is 1. The molecule has 11 heteroatoms. The molecule has 0 bridgehead atoms. The van der Waals surface area contributed by atoms with Crippen LogP contribution in [0, 0.1) is 11.3 Å². The molecular weight excluding hydrogens is 446 g/mol. The van der Waals surface area contributed by atoms with Gasteiger partial charge in [-0.3, -0.25) is 19.1 Å². The summed E-state index contributed by atoms with van der Waals surface area (Å²) in [6.07, 6.45) is 0.0400. The number of aromatic amines is 1. The predicted octanol–water partition coefficient (Wildman–Crippen LogP) is 0.485. The molecule has 1 aromatic heterocycles. The monoisotopic (exact) mass is 467 g/mol. The minimum atomic E-state index is -3.72. The topological polar surface area (TPSA) is 136 Å². The van der Waals surface area contributed by atoms with E-state index in [1.54, 1.807) is 29.2 Å². The fraction of sp³-hybridized carbons (Fsp3) is 0.273. The number of amides is 1. The molecule has 1 aliphatic rings. The molecule has 0 aliphatic carbocycles. The molecule has 3 aromatic rings. The van der Waals surface area contributed by atoms with Gasteiger partial charge in [-0.15, -0.1) is 0 Å². The molecule has 0 spiro atoms. The molecular formula is C22H21N5O5S. The zero-order valence-corrected chi connectivity index (χ0v) is 18.4. The van der Waals surface area contributed by atoms with Crippen LogP contribution >= 0.6 is 0 Å². The van der Waals surface area contributed by atoms with Crippen molar-refractivity contribution in [2.24, 2.45) is 0 Å². The number of hydrogen-bond donors (Lipinski definition) is 1. The van der Waals surface area contributed by atoms with Gasteiger partial charge in [0.15, 0.2) is 0 Å². The molecule has 1 amide bonds. The second-order valence-corrected chi connectivity index (χ2v) is 9.54. The molecule has 0 atom stereocenters. The molecule has 0 radical (unpaired) electrons. The molecule has 1 fully saturated rings. The highest BCUT2D eigenvalue weighted by molar-refractivity contribution is 7.89. The van der Waals surface area contributed by atoms with E-state index in [0.717, 1.165) is 0 Å². The van der Waals surface area contributed by atoms with Crippen LogP contribution in [0.3, 0.4) is 0 Å². The van der Waals surface area contributed by atoms with Crippen molar-refractivity contribution in [1.29, 1.82) is 5.26 Å². The Labute approximate surface area is 189 Å². The quantitative estimate of drug-likeness (QED) is 0.580. The number of sulfonamides is 1. The Bertz CT molecular complexity index is 1460. The number of carbonyl (C=O) groups excluding carboxylic acids is 1. The Morgan fingerprint density at radius 3 is 2.33 bits per heavy atom. The fourth-order valence-electron chi connectivity index (χ4n) is 3.86. The molecule has 0 unspecified atom stereocenters. The minimum Gasteiger partial charge on any atom is -0.340 e. The Hall–Kier alpha value is -3.75. The summed E-state index contributed by atoms with van der Waals surface area (Å²) >= 11 is 0. The number of carbonyl (C=O) groups is 1. The van der Waals surface area contributed by atoms with Gasteiger partial charge >= 0.3 is 5.69 Å². The molecule has 1 aliphatic heterocycles. The lowest BCUT2D eigenvalue weighted by molar-refractivity contribution is -0.132. The number of fused-ring (bicyclic) bond motifs is 1. The standard InChI is InChI=1S/C22H21N5O5S/c23-15-16-5-7-17(8-6-16)33(31,32)26-13-11-25(12-14-26)20(28)9-10-27-19-4-2-1-3-18(19)21(29)24-22(27)30/h1-8H,9-14H2,(H,24,29,30). The number of aryl methyl sites for hydroxylation is 1. The highest BCUT2D eigenvalue weighted by Crippen LogP contribution is 2.18. The van der Waals surface area contributed by atoms with Gasteiger partial charge in [0.25, 0.3) is 5.56 Å². The smallest absolute Gasteiger partial charge is 0.328 e. The van der Waals surface area contributed by atoms with Gasteiger partial charge in [0.1, 0.15) is 0 Å². The van der Waals surface area contributed by atoms with Crippen molar-refractivity contribution in [1.82, 2.24) is 18.8 Å². The molecule has 33 heavy (non-hydrogen) atoms. The van der Waals surface area contributed by atoms with Gasteiger partial charge in [-0.1, -0.05) is 12.1 Å². The average Bonchev–Trinajstić information content (AvgIpc) is 2.84.